The lowest BCUT2D eigenvalue weighted by molar-refractivity contribution is 0.299. The van der Waals surface area contributed by atoms with Gasteiger partial charge in [0.15, 0.2) is 0 Å². The molecule has 17 heavy (non-hydrogen) atoms. The fourth-order valence-electron chi connectivity index (χ4n) is 2.61. The Balaban J connectivity index is 1.39. The number of aromatic nitrogens is 2. The molecule has 0 spiro atoms. The lowest BCUT2D eigenvalue weighted by atomic mass is 10.1. The summed E-state index contributed by atoms with van der Waals surface area (Å²) in [5.41, 5.74) is 1.82. The second kappa shape index (κ2) is 4.74. The highest BCUT2D eigenvalue weighted by atomic mass is 16.6. The van der Waals surface area contributed by atoms with Crippen molar-refractivity contribution in [2.75, 3.05) is 19.6 Å². The maximum atomic E-state index is 4.68. The number of nitrogens with one attached hydrogen (secondary N) is 1. The maximum Gasteiger partial charge on any atom is 0.121 e. The summed E-state index contributed by atoms with van der Waals surface area (Å²) in [7, 11) is 0. The van der Waals surface area contributed by atoms with E-state index in [4.69, 9.17) is 0 Å². The van der Waals surface area contributed by atoms with Crippen LogP contribution in [0.1, 0.15) is 30.7 Å². The number of nitrogens with zero attached hydrogens (tertiary/aromatic N) is 3. The molecule has 0 amide bonds. The standard InChI is InChI=1S/C12H20N4O/c1-9-12(15-17-14-9)7-13-6-10-4-5-16(8-10)11-2-3-11/h10-11,13H,2-8H2,1H3. The lowest BCUT2D eigenvalue weighted by Crippen LogP contribution is -2.27. The van der Waals surface area contributed by atoms with Crippen molar-refractivity contribution in [3.8, 4) is 0 Å². The summed E-state index contributed by atoms with van der Waals surface area (Å²) in [4.78, 5) is 2.65. The fourth-order valence-corrected chi connectivity index (χ4v) is 2.61. The number of likely N-dealkylation sites (tertiary alicyclic amines) is 1. The zero-order valence-corrected chi connectivity index (χ0v) is 10.4. The van der Waals surface area contributed by atoms with Crippen molar-refractivity contribution in [1.82, 2.24) is 20.5 Å². The molecular formula is C12H20N4O. The van der Waals surface area contributed by atoms with Gasteiger partial charge in [0.25, 0.3) is 0 Å². The summed E-state index contributed by atoms with van der Waals surface area (Å²) in [6.07, 6.45) is 4.17. The lowest BCUT2D eigenvalue weighted by Gasteiger charge is -2.14. The number of rotatable bonds is 5. The Morgan fingerprint density at radius 2 is 2.24 bits per heavy atom. The van der Waals surface area contributed by atoms with Gasteiger partial charge in [-0.1, -0.05) is 10.3 Å². The highest BCUT2D eigenvalue weighted by molar-refractivity contribution is 5.03. The minimum atomic E-state index is 0.773. The summed E-state index contributed by atoms with van der Waals surface area (Å²) in [5.74, 6) is 0.802. The Labute approximate surface area is 102 Å². The van der Waals surface area contributed by atoms with Gasteiger partial charge in [0.1, 0.15) is 11.4 Å². The Hall–Kier alpha value is -0.940. The second-order valence-corrected chi connectivity index (χ2v) is 5.31. The van der Waals surface area contributed by atoms with Crippen LogP contribution in [0.15, 0.2) is 4.63 Å². The van der Waals surface area contributed by atoms with Gasteiger partial charge in [0, 0.05) is 19.1 Å². The molecule has 2 heterocycles. The van der Waals surface area contributed by atoms with Crippen molar-refractivity contribution < 1.29 is 4.63 Å². The molecule has 0 bridgehead atoms. The summed E-state index contributed by atoms with van der Waals surface area (Å²) in [6.45, 7) is 6.35. The van der Waals surface area contributed by atoms with E-state index in [1.165, 1.54) is 32.4 Å². The smallest absolute Gasteiger partial charge is 0.121 e. The number of aryl methyl sites for hydroxylation is 1. The molecule has 2 fully saturated rings. The molecule has 1 aliphatic heterocycles. The third-order valence-corrected chi connectivity index (χ3v) is 3.85. The summed E-state index contributed by atoms with van der Waals surface area (Å²) in [5, 5.41) is 11.1. The average molecular weight is 236 g/mol. The van der Waals surface area contributed by atoms with Gasteiger partial charge in [-0.15, -0.1) is 0 Å². The zero-order valence-electron chi connectivity index (χ0n) is 10.4. The van der Waals surface area contributed by atoms with Gasteiger partial charge in [-0.25, -0.2) is 4.63 Å². The molecule has 1 aliphatic carbocycles. The SMILES string of the molecule is Cc1nonc1CNCC1CCN(C2CC2)C1. The minimum absolute atomic E-state index is 0.773. The van der Waals surface area contributed by atoms with Crippen molar-refractivity contribution in [3.63, 3.8) is 0 Å². The van der Waals surface area contributed by atoms with Crippen LogP contribution in [0.2, 0.25) is 0 Å². The van der Waals surface area contributed by atoms with Crippen molar-refractivity contribution in [2.45, 2.75) is 38.8 Å². The van der Waals surface area contributed by atoms with E-state index in [-0.39, 0.29) is 0 Å². The predicted molar refractivity (Wildman–Crippen MR) is 63.4 cm³/mol. The van der Waals surface area contributed by atoms with Crippen LogP contribution in [-0.2, 0) is 6.54 Å². The van der Waals surface area contributed by atoms with Gasteiger partial charge in [-0.05, 0) is 45.2 Å². The second-order valence-electron chi connectivity index (χ2n) is 5.31. The van der Waals surface area contributed by atoms with Crippen LogP contribution in [0.25, 0.3) is 0 Å². The molecule has 3 rings (SSSR count). The predicted octanol–water partition coefficient (Wildman–Crippen LogP) is 0.952. The quantitative estimate of drug-likeness (QED) is 0.825. The monoisotopic (exact) mass is 236 g/mol. The van der Waals surface area contributed by atoms with E-state index >= 15 is 0 Å². The topological polar surface area (TPSA) is 54.2 Å². The van der Waals surface area contributed by atoms with Crippen LogP contribution >= 0.6 is 0 Å². The largest absolute Gasteiger partial charge is 0.311 e. The van der Waals surface area contributed by atoms with Gasteiger partial charge in [-0.3, -0.25) is 0 Å². The van der Waals surface area contributed by atoms with Gasteiger partial charge in [-0.2, -0.15) is 0 Å². The van der Waals surface area contributed by atoms with Crippen molar-refractivity contribution >= 4 is 0 Å². The van der Waals surface area contributed by atoms with Gasteiger partial charge < -0.3 is 10.2 Å². The molecule has 5 heteroatoms. The van der Waals surface area contributed by atoms with Crippen LogP contribution in [-0.4, -0.2) is 40.9 Å². The van der Waals surface area contributed by atoms with E-state index in [1.54, 1.807) is 0 Å². The van der Waals surface area contributed by atoms with Crippen LogP contribution in [0.4, 0.5) is 0 Å². The summed E-state index contributed by atoms with van der Waals surface area (Å²) in [6, 6.07) is 0.919. The normalized spacial score (nSPS) is 25.6. The summed E-state index contributed by atoms with van der Waals surface area (Å²) >= 11 is 0. The van der Waals surface area contributed by atoms with E-state index in [9.17, 15) is 0 Å². The third kappa shape index (κ3) is 2.66. The molecule has 2 aliphatic rings. The van der Waals surface area contributed by atoms with Crippen molar-refractivity contribution in [2.24, 2.45) is 5.92 Å². The van der Waals surface area contributed by atoms with E-state index in [0.717, 1.165) is 36.4 Å². The van der Waals surface area contributed by atoms with Crippen molar-refractivity contribution in [3.05, 3.63) is 11.4 Å². The first-order valence-corrected chi connectivity index (χ1v) is 6.55. The molecule has 5 nitrogen and oxygen atoms in total. The molecule has 1 N–H and O–H groups in total. The molecular weight excluding hydrogens is 216 g/mol. The Bertz CT molecular complexity index is 374. The minimum Gasteiger partial charge on any atom is -0.311 e. The first-order chi connectivity index (χ1) is 8.33. The molecule has 0 aromatic carbocycles. The Morgan fingerprint density at radius 1 is 1.35 bits per heavy atom. The van der Waals surface area contributed by atoms with E-state index in [1.807, 2.05) is 6.92 Å². The molecule has 0 radical (unpaired) electrons. The first kappa shape index (κ1) is 11.2. The number of hydrogen-bond acceptors (Lipinski definition) is 5. The average Bonchev–Trinajstić information content (AvgIpc) is 2.94. The zero-order chi connectivity index (χ0) is 11.7. The highest BCUT2D eigenvalue weighted by Crippen LogP contribution is 2.31. The first-order valence-electron chi connectivity index (χ1n) is 6.55. The molecule has 1 aromatic heterocycles. The fraction of sp³-hybridized carbons (Fsp3) is 0.833. The highest BCUT2D eigenvalue weighted by Gasteiger charge is 2.33. The molecule has 1 saturated carbocycles. The third-order valence-electron chi connectivity index (χ3n) is 3.85. The van der Waals surface area contributed by atoms with Gasteiger partial charge in [0.05, 0.1) is 0 Å². The summed E-state index contributed by atoms with van der Waals surface area (Å²) < 4.78 is 4.68. The van der Waals surface area contributed by atoms with Crippen LogP contribution < -0.4 is 5.32 Å². The maximum absolute atomic E-state index is 4.68. The molecule has 1 unspecified atom stereocenters. The Kier molecular flexibility index (Phi) is 3.11. The van der Waals surface area contributed by atoms with Crippen LogP contribution in [0.3, 0.4) is 0 Å². The van der Waals surface area contributed by atoms with Crippen LogP contribution in [0.5, 0.6) is 0 Å². The Morgan fingerprint density at radius 3 is 2.94 bits per heavy atom. The molecule has 1 atom stereocenters. The number of hydrogen-bond donors (Lipinski definition) is 1. The van der Waals surface area contributed by atoms with Crippen molar-refractivity contribution in [1.29, 1.82) is 0 Å². The van der Waals surface area contributed by atoms with Gasteiger partial charge in [0.2, 0.25) is 0 Å². The van der Waals surface area contributed by atoms with Gasteiger partial charge >= 0.3 is 0 Å². The van der Waals surface area contributed by atoms with E-state index in [0.29, 0.717) is 0 Å². The molecule has 94 valence electrons. The molecule has 1 aromatic rings. The van der Waals surface area contributed by atoms with E-state index in [2.05, 4.69) is 25.2 Å². The molecule has 1 saturated heterocycles. The van der Waals surface area contributed by atoms with E-state index < -0.39 is 0 Å². The van der Waals surface area contributed by atoms with Crippen LogP contribution in [0, 0.1) is 12.8 Å².